The van der Waals surface area contributed by atoms with Crippen LogP contribution in [0.3, 0.4) is 0 Å². The van der Waals surface area contributed by atoms with Gasteiger partial charge >= 0.3 is 135 Å². The number of carboxylic acids is 2. The second kappa shape index (κ2) is 33.3. The van der Waals surface area contributed by atoms with E-state index in [-0.39, 0.29) is 168 Å². The van der Waals surface area contributed by atoms with E-state index >= 15 is 0 Å². The molecule has 0 saturated carbocycles. The Balaban J connectivity index is 0.00000141. The molecule has 1 radical (unpaired) electrons. The van der Waals surface area contributed by atoms with Crippen LogP contribution in [0, 0.1) is 0 Å². The Kier molecular flexibility index (Phi) is 31.4. The molecular formula is C46H32Cl2CoN8Na4O14S2. The van der Waals surface area contributed by atoms with Crippen LogP contribution in [0.25, 0.3) is 0 Å². The molecule has 0 spiro atoms. The summed E-state index contributed by atoms with van der Waals surface area (Å²) in [4.78, 5) is 46.6. The summed E-state index contributed by atoms with van der Waals surface area (Å²) in [6, 6.07) is 28.3. The Morgan fingerprint density at radius 1 is 0.468 bits per heavy atom. The number of allylic oxidation sites excluding steroid dienone is 2. The first-order valence-electron chi connectivity index (χ1n) is 20.0. The minimum Gasteiger partial charge on any atom is -0.874 e. The molecule has 31 heteroatoms. The molecule has 0 aliphatic heterocycles. The number of carbonyl (C=O) groups is 4. The number of para-hydroxylation sites is 4. The molecule has 6 aromatic rings. The molecule has 6 rings (SSSR count). The van der Waals surface area contributed by atoms with Gasteiger partial charge in [-0.3, -0.25) is 19.0 Å². The largest absolute Gasteiger partial charge is 2.00 e. The molecule has 4 N–H and O–H groups in total. The van der Waals surface area contributed by atoms with Crippen molar-refractivity contribution < 1.29 is 202 Å². The molecule has 77 heavy (non-hydrogen) atoms. The van der Waals surface area contributed by atoms with Gasteiger partial charge in [-0.25, -0.2) is 16.8 Å². The van der Waals surface area contributed by atoms with E-state index in [1.54, 1.807) is 24.3 Å². The number of nitrogens with one attached hydrogen (secondary N) is 4. The summed E-state index contributed by atoms with van der Waals surface area (Å²) in [7, 11) is -8.75. The number of azo groups is 2. The van der Waals surface area contributed by atoms with Crippen LogP contribution in [0.15, 0.2) is 187 Å². The molecule has 2 amide bonds. The van der Waals surface area contributed by atoms with Crippen molar-refractivity contribution in [1.82, 2.24) is 0 Å². The minimum absolute atomic E-state index is 0. The summed E-state index contributed by atoms with van der Waals surface area (Å²) < 4.78 is 55.4. The van der Waals surface area contributed by atoms with Crippen molar-refractivity contribution in [2.75, 3.05) is 20.1 Å². The molecular weight excluding hydrogens is 1170 g/mol. The van der Waals surface area contributed by atoms with Gasteiger partial charge in [0.25, 0.3) is 31.9 Å². The van der Waals surface area contributed by atoms with E-state index in [4.69, 9.17) is 23.2 Å². The average molecular weight is 1210 g/mol. The van der Waals surface area contributed by atoms with Gasteiger partial charge in [0.2, 0.25) is 0 Å². The average Bonchev–Trinajstić information content (AvgIpc) is 3.31. The zero-order valence-corrected chi connectivity index (χ0v) is 53.3. The second-order valence-corrected chi connectivity index (χ2v) is 18.4. The Labute approximate surface area is 549 Å². The van der Waals surface area contributed by atoms with Crippen molar-refractivity contribution in [3.05, 3.63) is 178 Å². The van der Waals surface area contributed by atoms with E-state index in [2.05, 4.69) is 40.5 Å². The van der Waals surface area contributed by atoms with Crippen molar-refractivity contribution >= 4 is 101 Å². The van der Waals surface area contributed by atoms with Crippen molar-refractivity contribution in [3.63, 3.8) is 0 Å². The summed E-state index contributed by atoms with van der Waals surface area (Å²) in [5.74, 6) is -8.14. The number of carbonyl (C=O) groups excluding carboxylic acids is 4. The van der Waals surface area contributed by atoms with Crippen molar-refractivity contribution in [3.8, 4) is 11.5 Å². The van der Waals surface area contributed by atoms with Gasteiger partial charge in [-0.15, -0.1) is 21.7 Å². The maximum Gasteiger partial charge on any atom is 2.00 e. The molecule has 0 aliphatic rings. The predicted molar refractivity (Wildman–Crippen MR) is 250 cm³/mol. The van der Waals surface area contributed by atoms with Gasteiger partial charge < -0.3 is 50.9 Å². The molecule has 0 heterocycles. The van der Waals surface area contributed by atoms with Gasteiger partial charge in [-0.05, 0) is 60.7 Å². The Hall–Kier alpha value is -4.33. The number of halogens is 2. The number of rotatable bonds is 16. The third kappa shape index (κ3) is 20.7. The molecule has 0 fully saturated rings. The number of hydrogen-bond donors (Lipinski definition) is 4. The third-order valence-corrected chi connectivity index (χ3v) is 12.5. The standard InChI is InChI=1S/2C23H19ClN4O7S.Co.4Na/c2*1-13(29)21(22(31)25-18-9-5-3-7-16(18)24)27-26-19-12-14(10-11-20(19)30)36(34,35)28-17-8-4-2-6-15(17)23(32)33;;;;;/h2*2-12,28-30H,1H3,(H,25,31)(H,32,33);;;;;/q;;+2;4*+1/p-6. The molecule has 0 aliphatic carbocycles. The van der Waals surface area contributed by atoms with E-state index in [1.165, 1.54) is 60.7 Å². The van der Waals surface area contributed by atoms with Crippen LogP contribution in [-0.2, 0) is 46.4 Å². The summed E-state index contributed by atoms with van der Waals surface area (Å²) in [6.07, 6.45) is 0. The topological polar surface area (TPSA) is 372 Å². The first-order valence-corrected chi connectivity index (χ1v) is 23.7. The number of hydrogen-bond acceptors (Lipinski definition) is 18. The molecule has 22 nitrogen and oxygen atoms in total. The van der Waals surface area contributed by atoms with Gasteiger partial charge in [0.1, 0.15) is 11.4 Å². The number of benzene rings is 6. The quantitative estimate of drug-likeness (QED) is 0.0303. The van der Waals surface area contributed by atoms with Crippen LogP contribution in [0.2, 0.25) is 10.0 Å². The van der Waals surface area contributed by atoms with Gasteiger partial charge in [0, 0.05) is 11.1 Å². The maximum atomic E-state index is 12.8. The van der Waals surface area contributed by atoms with Crippen LogP contribution in [0.5, 0.6) is 11.5 Å². The Morgan fingerprint density at radius 2 is 0.766 bits per heavy atom. The summed E-state index contributed by atoms with van der Waals surface area (Å²) in [5.41, 5.74) is -3.20. The molecule has 0 saturated heterocycles. The van der Waals surface area contributed by atoms with Crippen molar-refractivity contribution in [1.29, 1.82) is 0 Å². The van der Waals surface area contributed by atoms with Crippen LogP contribution in [0.1, 0.15) is 34.6 Å². The fraction of sp³-hybridized carbons (Fsp3) is 0.0435. The fourth-order valence-electron chi connectivity index (χ4n) is 5.64. The van der Waals surface area contributed by atoms with E-state index in [1.807, 2.05) is 0 Å². The third-order valence-electron chi connectivity index (χ3n) is 9.12. The van der Waals surface area contributed by atoms with E-state index in [0.29, 0.717) is 0 Å². The number of carboxylic acid groups (broad SMARTS) is 2. The minimum atomic E-state index is -4.37. The van der Waals surface area contributed by atoms with E-state index in [9.17, 15) is 66.7 Å². The zero-order chi connectivity index (χ0) is 52.9. The van der Waals surface area contributed by atoms with Gasteiger partial charge in [-0.2, -0.15) is 10.2 Å². The van der Waals surface area contributed by atoms with E-state index < -0.39 is 111 Å². The maximum absolute atomic E-state index is 12.8. The number of nitrogens with zero attached hydrogens (tertiary/aromatic N) is 4. The first kappa shape index (κ1) is 72.7. The number of sulfonamides is 2. The number of amides is 2. The molecule has 6 aromatic carbocycles. The van der Waals surface area contributed by atoms with E-state index in [0.717, 1.165) is 62.4 Å². The Bertz CT molecular complexity index is 3260. The number of aromatic carboxylic acids is 2. The summed E-state index contributed by atoms with van der Waals surface area (Å²) >= 11 is 12.0. The normalized spacial score (nSPS) is 11.4. The molecule has 379 valence electrons. The first-order chi connectivity index (χ1) is 34.0. The van der Waals surface area contributed by atoms with Gasteiger partial charge in [0.05, 0.1) is 65.9 Å². The van der Waals surface area contributed by atoms with Crippen LogP contribution >= 0.6 is 23.2 Å². The van der Waals surface area contributed by atoms with Crippen LogP contribution < -0.4 is 169 Å². The van der Waals surface area contributed by atoms with Crippen molar-refractivity contribution in [2.45, 2.75) is 23.6 Å². The SMILES string of the molecule is CC([O-])=C(N=Nc1cc(S(=O)(=O)Nc2ccccc2C(=O)[O-])ccc1[O-])C(=O)Nc1ccccc1Cl.CC([O-])=C(N=Nc1cc(S(=O)(=O)Nc2ccccc2C(=O)[O-])ccc1[O-])C(=O)Nc1ccccc1Cl.[Co+2].[Na+].[Na+].[Na+].[Na+]. The van der Waals surface area contributed by atoms with Crippen molar-refractivity contribution in [2.24, 2.45) is 20.5 Å². The molecule has 0 atom stereocenters. The summed E-state index contributed by atoms with van der Waals surface area (Å²) in [6.45, 7) is 2.11. The fourth-order valence-corrected chi connectivity index (χ4v) is 8.20. The predicted octanol–water partition coefficient (Wildman–Crippen LogP) is -8.20. The zero-order valence-electron chi connectivity index (χ0n) is 41.1. The van der Waals surface area contributed by atoms with Crippen LogP contribution in [0.4, 0.5) is 34.1 Å². The van der Waals surface area contributed by atoms with Gasteiger partial charge in [0.15, 0.2) is 0 Å². The summed E-state index contributed by atoms with van der Waals surface area (Å²) in [5, 5.41) is 90.4. The Morgan fingerprint density at radius 3 is 1.06 bits per heavy atom. The molecule has 0 aromatic heterocycles. The smallest absolute Gasteiger partial charge is 0.874 e. The van der Waals surface area contributed by atoms with Gasteiger partial charge in [-0.1, -0.05) is 121 Å². The molecule has 0 unspecified atom stereocenters. The monoisotopic (exact) mass is 1200 g/mol. The molecule has 0 bridgehead atoms. The van der Waals surface area contributed by atoms with Crippen LogP contribution in [-0.4, -0.2) is 40.6 Å². The number of anilines is 4. The second-order valence-electron chi connectivity index (χ2n) is 14.2.